The third kappa shape index (κ3) is 4.69. The zero-order valence-electron chi connectivity index (χ0n) is 13.6. The molecule has 0 amide bonds. The fourth-order valence-corrected chi connectivity index (χ4v) is 2.92. The summed E-state index contributed by atoms with van der Waals surface area (Å²) in [7, 11) is 2.10. The van der Waals surface area contributed by atoms with Crippen molar-refractivity contribution < 1.29 is 9.53 Å². The van der Waals surface area contributed by atoms with Gasteiger partial charge in [0.15, 0.2) is 0 Å². The van der Waals surface area contributed by atoms with E-state index in [0.29, 0.717) is 11.0 Å². The molecular formula is C17H20N4O2S. The lowest BCUT2D eigenvalue weighted by Crippen LogP contribution is -2.45. The summed E-state index contributed by atoms with van der Waals surface area (Å²) in [6, 6.07) is 11.4. The van der Waals surface area contributed by atoms with Crippen molar-refractivity contribution in [2.24, 2.45) is 0 Å². The lowest BCUT2D eigenvalue weighted by molar-refractivity contribution is 0.168. The minimum Gasteiger partial charge on any atom is -0.452 e. The molecule has 1 fully saturated rings. The quantitative estimate of drug-likeness (QED) is 0.480. The minimum atomic E-state index is -0.359. The van der Waals surface area contributed by atoms with Gasteiger partial charge in [0.1, 0.15) is 11.6 Å². The standard InChI is InChI=1S/C17H20N4O2S/c1-20-9-11-21(12-10-20)16-18-8-7-15(19-16)24-17(22)23-13-14-5-3-2-4-6-14/h2-8H,9-13H2,1H3. The molecule has 0 aliphatic carbocycles. The molecule has 1 aromatic carbocycles. The number of hydrogen-bond donors (Lipinski definition) is 0. The second-order valence-corrected chi connectivity index (χ2v) is 6.57. The van der Waals surface area contributed by atoms with Crippen LogP contribution in [0.25, 0.3) is 0 Å². The van der Waals surface area contributed by atoms with Crippen molar-refractivity contribution >= 4 is 23.0 Å². The van der Waals surface area contributed by atoms with E-state index < -0.39 is 0 Å². The van der Waals surface area contributed by atoms with E-state index in [1.165, 1.54) is 0 Å². The summed E-state index contributed by atoms with van der Waals surface area (Å²) in [4.78, 5) is 25.2. The number of carbonyl (C=O) groups is 1. The maximum Gasteiger partial charge on any atom is 0.374 e. The van der Waals surface area contributed by atoms with Gasteiger partial charge in [0.05, 0.1) is 0 Å². The highest BCUT2D eigenvalue weighted by Crippen LogP contribution is 2.21. The van der Waals surface area contributed by atoms with Crippen molar-refractivity contribution in [1.29, 1.82) is 0 Å². The Morgan fingerprint density at radius 3 is 2.67 bits per heavy atom. The molecule has 0 bridgehead atoms. The number of likely N-dealkylation sites (N-methyl/N-ethyl adjacent to an activating group) is 1. The molecule has 1 aliphatic heterocycles. The van der Waals surface area contributed by atoms with Crippen LogP contribution in [0.1, 0.15) is 5.56 Å². The van der Waals surface area contributed by atoms with Crippen molar-refractivity contribution in [3.63, 3.8) is 0 Å². The van der Waals surface area contributed by atoms with Crippen LogP contribution in [0.5, 0.6) is 0 Å². The molecule has 2 heterocycles. The number of anilines is 1. The van der Waals surface area contributed by atoms with Crippen LogP contribution >= 0.6 is 11.8 Å². The second kappa shape index (κ2) is 8.12. The van der Waals surface area contributed by atoms with E-state index in [-0.39, 0.29) is 11.9 Å². The van der Waals surface area contributed by atoms with Gasteiger partial charge in [0, 0.05) is 44.1 Å². The SMILES string of the molecule is CN1CCN(c2nccc(SC(=O)OCc3ccccc3)n2)CC1. The fourth-order valence-electron chi connectivity index (χ4n) is 2.38. The lowest BCUT2D eigenvalue weighted by Gasteiger charge is -2.32. The normalized spacial score (nSPS) is 15.3. The first kappa shape index (κ1) is 16.7. The number of ether oxygens (including phenoxy) is 1. The highest BCUT2D eigenvalue weighted by Gasteiger charge is 2.17. The summed E-state index contributed by atoms with van der Waals surface area (Å²) in [6.07, 6.45) is 1.69. The van der Waals surface area contributed by atoms with Gasteiger partial charge < -0.3 is 14.5 Å². The number of benzene rings is 1. The van der Waals surface area contributed by atoms with E-state index in [0.717, 1.165) is 43.5 Å². The van der Waals surface area contributed by atoms with Gasteiger partial charge in [-0.2, -0.15) is 0 Å². The second-order valence-electron chi connectivity index (χ2n) is 5.61. The number of nitrogens with zero attached hydrogens (tertiary/aromatic N) is 4. The minimum absolute atomic E-state index is 0.267. The smallest absolute Gasteiger partial charge is 0.374 e. The average molecular weight is 344 g/mol. The molecular weight excluding hydrogens is 324 g/mol. The van der Waals surface area contributed by atoms with E-state index in [2.05, 4.69) is 26.8 Å². The molecule has 0 N–H and O–H groups in total. The molecule has 1 aliphatic rings. The zero-order chi connectivity index (χ0) is 16.8. The molecule has 3 rings (SSSR count). The Kier molecular flexibility index (Phi) is 5.66. The maximum absolute atomic E-state index is 12.0. The fraction of sp³-hybridized carbons (Fsp3) is 0.353. The molecule has 0 radical (unpaired) electrons. The van der Waals surface area contributed by atoms with E-state index in [9.17, 15) is 4.79 Å². The van der Waals surface area contributed by atoms with Crippen LogP contribution < -0.4 is 4.90 Å². The van der Waals surface area contributed by atoms with Crippen LogP contribution in [0.3, 0.4) is 0 Å². The van der Waals surface area contributed by atoms with Crippen LogP contribution in [0.15, 0.2) is 47.6 Å². The molecule has 6 nitrogen and oxygen atoms in total. The van der Waals surface area contributed by atoms with Crippen LogP contribution in [0.4, 0.5) is 10.7 Å². The monoisotopic (exact) mass is 344 g/mol. The third-order valence-corrected chi connectivity index (χ3v) is 4.51. The highest BCUT2D eigenvalue weighted by atomic mass is 32.2. The third-order valence-electron chi connectivity index (χ3n) is 3.79. The summed E-state index contributed by atoms with van der Waals surface area (Å²) >= 11 is 0.992. The Balaban J connectivity index is 1.55. The number of piperazine rings is 1. The Morgan fingerprint density at radius 1 is 1.17 bits per heavy atom. The Bertz CT molecular complexity index is 675. The van der Waals surface area contributed by atoms with Gasteiger partial charge in [0.2, 0.25) is 5.95 Å². The predicted octanol–water partition coefficient (Wildman–Crippen LogP) is 2.66. The first-order valence-corrected chi connectivity index (χ1v) is 8.67. The van der Waals surface area contributed by atoms with Crippen LogP contribution in [0, 0.1) is 0 Å². The molecule has 1 aromatic heterocycles. The summed E-state index contributed by atoms with van der Waals surface area (Å²) in [5.41, 5.74) is 0.965. The van der Waals surface area contributed by atoms with Crippen LogP contribution in [-0.4, -0.2) is 53.4 Å². The Morgan fingerprint density at radius 2 is 1.92 bits per heavy atom. The topological polar surface area (TPSA) is 58.6 Å². The molecule has 0 spiro atoms. The predicted molar refractivity (Wildman–Crippen MR) is 94.2 cm³/mol. The van der Waals surface area contributed by atoms with Crippen LogP contribution in [0.2, 0.25) is 0 Å². The molecule has 0 atom stereocenters. The summed E-state index contributed by atoms with van der Waals surface area (Å²) in [6.45, 7) is 4.02. The first-order valence-electron chi connectivity index (χ1n) is 7.86. The number of rotatable bonds is 4. The number of carbonyl (C=O) groups excluding carboxylic acids is 1. The van der Waals surface area contributed by atoms with E-state index in [1.807, 2.05) is 30.3 Å². The summed E-state index contributed by atoms with van der Waals surface area (Å²) in [5, 5.41) is 0.249. The van der Waals surface area contributed by atoms with Crippen molar-refractivity contribution in [2.45, 2.75) is 11.6 Å². The molecule has 0 saturated carbocycles. The lowest BCUT2D eigenvalue weighted by atomic mass is 10.2. The summed E-state index contributed by atoms with van der Waals surface area (Å²) in [5.74, 6) is 0.670. The van der Waals surface area contributed by atoms with Crippen LogP contribution in [-0.2, 0) is 11.3 Å². The summed E-state index contributed by atoms with van der Waals surface area (Å²) < 4.78 is 5.27. The van der Waals surface area contributed by atoms with Gasteiger partial charge >= 0.3 is 5.30 Å². The van der Waals surface area contributed by atoms with E-state index >= 15 is 0 Å². The number of thioether (sulfide) groups is 1. The molecule has 24 heavy (non-hydrogen) atoms. The Hall–Kier alpha value is -2.12. The van der Waals surface area contributed by atoms with Crippen molar-refractivity contribution in [2.75, 3.05) is 38.1 Å². The van der Waals surface area contributed by atoms with Gasteiger partial charge in [-0.3, -0.25) is 0 Å². The van der Waals surface area contributed by atoms with E-state index in [1.54, 1.807) is 12.3 Å². The zero-order valence-corrected chi connectivity index (χ0v) is 14.4. The van der Waals surface area contributed by atoms with Crippen molar-refractivity contribution in [3.05, 3.63) is 48.2 Å². The highest BCUT2D eigenvalue weighted by molar-refractivity contribution is 8.13. The first-order chi connectivity index (χ1) is 11.7. The van der Waals surface area contributed by atoms with Gasteiger partial charge in [-0.1, -0.05) is 30.3 Å². The number of aromatic nitrogens is 2. The van der Waals surface area contributed by atoms with Crippen molar-refractivity contribution in [3.8, 4) is 0 Å². The van der Waals surface area contributed by atoms with Gasteiger partial charge in [-0.25, -0.2) is 14.8 Å². The van der Waals surface area contributed by atoms with Gasteiger partial charge in [0.25, 0.3) is 0 Å². The number of hydrogen-bond acceptors (Lipinski definition) is 7. The van der Waals surface area contributed by atoms with Crippen molar-refractivity contribution in [1.82, 2.24) is 14.9 Å². The maximum atomic E-state index is 12.0. The van der Waals surface area contributed by atoms with Gasteiger partial charge in [-0.15, -0.1) is 0 Å². The molecule has 0 unspecified atom stereocenters. The molecule has 1 saturated heterocycles. The Labute approximate surface area is 145 Å². The van der Waals surface area contributed by atoms with Gasteiger partial charge in [-0.05, 0) is 18.7 Å². The molecule has 2 aromatic rings. The molecule has 126 valence electrons. The largest absolute Gasteiger partial charge is 0.452 e. The van der Waals surface area contributed by atoms with E-state index in [4.69, 9.17) is 4.74 Å². The average Bonchev–Trinajstić information content (AvgIpc) is 2.62. The molecule has 7 heteroatoms.